The highest BCUT2D eigenvalue weighted by atomic mass is 16.5. The number of hydrogen-bond donors (Lipinski definition) is 1. The molecule has 0 aliphatic carbocycles. The zero-order chi connectivity index (χ0) is 13.1. The van der Waals surface area contributed by atoms with Crippen LogP contribution in [0.1, 0.15) is 30.9 Å². The van der Waals surface area contributed by atoms with Gasteiger partial charge in [-0.1, -0.05) is 26.0 Å². The summed E-state index contributed by atoms with van der Waals surface area (Å²) in [6, 6.07) is 7.98. The van der Waals surface area contributed by atoms with Crippen molar-refractivity contribution < 1.29 is 4.74 Å². The molecule has 0 saturated heterocycles. The second-order valence-electron chi connectivity index (χ2n) is 4.55. The molecule has 94 valence electrons. The maximum Gasteiger partial charge on any atom is 0.226 e. The number of nitrogens with zero attached hydrogens (tertiary/aromatic N) is 2. The first-order chi connectivity index (χ1) is 8.56. The first-order valence-electron chi connectivity index (χ1n) is 5.93. The standard InChI is InChI=1S/C14H17N3O/c1-9(2)11-5-4-6-12(7-11)18-13-10(3)8-16-14(15)17-13/h4-9H,1-3H3,(H2,15,16,17). The monoisotopic (exact) mass is 243 g/mol. The quantitative estimate of drug-likeness (QED) is 0.898. The van der Waals surface area contributed by atoms with Gasteiger partial charge < -0.3 is 10.5 Å². The van der Waals surface area contributed by atoms with E-state index in [0.717, 1.165) is 11.3 Å². The van der Waals surface area contributed by atoms with Crippen molar-refractivity contribution >= 4 is 5.95 Å². The van der Waals surface area contributed by atoms with Gasteiger partial charge in [0.25, 0.3) is 0 Å². The van der Waals surface area contributed by atoms with Crippen LogP contribution >= 0.6 is 0 Å². The lowest BCUT2D eigenvalue weighted by molar-refractivity contribution is 0.457. The van der Waals surface area contributed by atoms with Crippen LogP contribution in [-0.2, 0) is 0 Å². The van der Waals surface area contributed by atoms with E-state index in [0.29, 0.717) is 11.8 Å². The van der Waals surface area contributed by atoms with Crippen LogP contribution in [-0.4, -0.2) is 9.97 Å². The number of aryl methyl sites for hydroxylation is 1. The predicted molar refractivity (Wildman–Crippen MR) is 71.8 cm³/mol. The topological polar surface area (TPSA) is 61.0 Å². The number of hydrogen-bond acceptors (Lipinski definition) is 4. The summed E-state index contributed by atoms with van der Waals surface area (Å²) in [5, 5.41) is 0. The Kier molecular flexibility index (Phi) is 3.46. The lowest BCUT2D eigenvalue weighted by atomic mass is 10.0. The highest BCUT2D eigenvalue weighted by Gasteiger charge is 2.06. The van der Waals surface area contributed by atoms with Gasteiger partial charge in [0.1, 0.15) is 5.75 Å². The minimum Gasteiger partial charge on any atom is -0.439 e. The van der Waals surface area contributed by atoms with Gasteiger partial charge in [-0.05, 0) is 30.5 Å². The number of rotatable bonds is 3. The molecule has 0 fully saturated rings. The van der Waals surface area contributed by atoms with Crippen molar-refractivity contribution in [3.8, 4) is 11.6 Å². The van der Waals surface area contributed by atoms with Crippen molar-refractivity contribution in [2.45, 2.75) is 26.7 Å². The third-order valence-electron chi connectivity index (χ3n) is 2.68. The third kappa shape index (κ3) is 2.77. The lowest BCUT2D eigenvalue weighted by Crippen LogP contribution is -1.99. The molecule has 0 aliphatic rings. The molecule has 4 heteroatoms. The third-order valence-corrected chi connectivity index (χ3v) is 2.68. The molecule has 2 rings (SSSR count). The Morgan fingerprint density at radius 2 is 2.06 bits per heavy atom. The number of anilines is 1. The molecule has 1 aromatic heterocycles. The van der Waals surface area contributed by atoms with E-state index < -0.39 is 0 Å². The summed E-state index contributed by atoms with van der Waals surface area (Å²) >= 11 is 0. The van der Waals surface area contributed by atoms with Gasteiger partial charge in [0.05, 0.1) is 0 Å². The molecule has 0 radical (unpaired) electrons. The largest absolute Gasteiger partial charge is 0.439 e. The van der Waals surface area contributed by atoms with Crippen molar-refractivity contribution in [2.75, 3.05) is 5.73 Å². The molecule has 4 nitrogen and oxygen atoms in total. The second-order valence-corrected chi connectivity index (χ2v) is 4.55. The van der Waals surface area contributed by atoms with Gasteiger partial charge in [0, 0.05) is 11.8 Å². The Hall–Kier alpha value is -2.10. The highest BCUT2D eigenvalue weighted by Crippen LogP contribution is 2.25. The second kappa shape index (κ2) is 5.04. The normalized spacial score (nSPS) is 10.7. The molecular weight excluding hydrogens is 226 g/mol. The van der Waals surface area contributed by atoms with Crippen molar-refractivity contribution in [1.82, 2.24) is 9.97 Å². The minimum absolute atomic E-state index is 0.218. The summed E-state index contributed by atoms with van der Waals surface area (Å²) in [6.07, 6.45) is 1.66. The fourth-order valence-electron chi connectivity index (χ4n) is 1.59. The first kappa shape index (κ1) is 12.4. The predicted octanol–water partition coefficient (Wildman–Crippen LogP) is 3.28. The van der Waals surface area contributed by atoms with E-state index in [2.05, 4.69) is 29.9 Å². The SMILES string of the molecule is Cc1cnc(N)nc1Oc1cccc(C(C)C)c1. The van der Waals surface area contributed by atoms with Gasteiger partial charge >= 0.3 is 0 Å². The van der Waals surface area contributed by atoms with E-state index in [9.17, 15) is 0 Å². The number of aromatic nitrogens is 2. The van der Waals surface area contributed by atoms with Crippen LogP contribution in [0.3, 0.4) is 0 Å². The van der Waals surface area contributed by atoms with Crippen molar-refractivity contribution in [3.63, 3.8) is 0 Å². The Bertz CT molecular complexity index is 552. The van der Waals surface area contributed by atoms with Gasteiger partial charge in [0.15, 0.2) is 0 Å². The average Bonchev–Trinajstić information content (AvgIpc) is 2.34. The summed E-state index contributed by atoms with van der Waals surface area (Å²) in [6.45, 7) is 6.18. The lowest BCUT2D eigenvalue weighted by Gasteiger charge is -2.10. The molecule has 1 aromatic carbocycles. The fraction of sp³-hybridized carbons (Fsp3) is 0.286. The van der Waals surface area contributed by atoms with Crippen molar-refractivity contribution in [2.24, 2.45) is 0 Å². The van der Waals surface area contributed by atoms with E-state index in [1.807, 2.05) is 25.1 Å². The highest BCUT2D eigenvalue weighted by molar-refractivity contribution is 5.36. The van der Waals surface area contributed by atoms with Crippen LogP contribution in [0.25, 0.3) is 0 Å². The maximum atomic E-state index is 5.75. The zero-order valence-electron chi connectivity index (χ0n) is 10.8. The van der Waals surface area contributed by atoms with Crippen LogP contribution in [0.15, 0.2) is 30.5 Å². The smallest absolute Gasteiger partial charge is 0.226 e. The Morgan fingerprint density at radius 3 is 2.78 bits per heavy atom. The molecular formula is C14H17N3O. The van der Waals surface area contributed by atoms with Gasteiger partial charge in [-0.2, -0.15) is 4.98 Å². The Balaban J connectivity index is 2.28. The number of nitrogens with two attached hydrogens (primary N) is 1. The number of ether oxygens (including phenoxy) is 1. The van der Waals surface area contributed by atoms with Crippen LogP contribution in [0.2, 0.25) is 0 Å². The molecule has 0 unspecified atom stereocenters. The molecule has 2 N–H and O–H groups in total. The minimum atomic E-state index is 0.218. The van der Waals surface area contributed by atoms with Crippen LogP contribution < -0.4 is 10.5 Å². The molecule has 0 spiro atoms. The van der Waals surface area contributed by atoms with Crippen LogP contribution in [0, 0.1) is 6.92 Å². The van der Waals surface area contributed by atoms with Gasteiger partial charge in [0.2, 0.25) is 11.8 Å². The summed E-state index contributed by atoms with van der Waals surface area (Å²) in [5.74, 6) is 1.95. The van der Waals surface area contributed by atoms with Gasteiger partial charge in [-0.3, -0.25) is 0 Å². The van der Waals surface area contributed by atoms with Gasteiger partial charge in [-0.25, -0.2) is 4.98 Å². The van der Waals surface area contributed by atoms with E-state index >= 15 is 0 Å². The van der Waals surface area contributed by atoms with E-state index in [1.54, 1.807) is 6.20 Å². The number of benzene rings is 1. The zero-order valence-corrected chi connectivity index (χ0v) is 10.8. The maximum absolute atomic E-state index is 5.75. The molecule has 2 aromatic rings. The molecule has 0 bridgehead atoms. The Labute approximate surface area is 107 Å². The summed E-state index contributed by atoms with van der Waals surface area (Å²) < 4.78 is 5.75. The summed E-state index contributed by atoms with van der Waals surface area (Å²) in [4.78, 5) is 8.00. The number of nitrogen functional groups attached to an aromatic ring is 1. The Morgan fingerprint density at radius 1 is 1.28 bits per heavy atom. The van der Waals surface area contributed by atoms with E-state index in [4.69, 9.17) is 10.5 Å². The van der Waals surface area contributed by atoms with Crippen LogP contribution in [0.4, 0.5) is 5.95 Å². The fourth-order valence-corrected chi connectivity index (χ4v) is 1.59. The molecule has 1 heterocycles. The molecule has 0 amide bonds. The average molecular weight is 243 g/mol. The molecule has 0 aliphatic heterocycles. The van der Waals surface area contributed by atoms with Gasteiger partial charge in [-0.15, -0.1) is 0 Å². The van der Waals surface area contributed by atoms with E-state index in [1.165, 1.54) is 5.56 Å². The first-order valence-corrected chi connectivity index (χ1v) is 5.93. The molecule has 0 atom stereocenters. The summed E-state index contributed by atoms with van der Waals surface area (Å²) in [5.41, 5.74) is 7.65. The van der Waals surface area contributed by atoms with Crippen LogP contribution in [0.5, 0.6) is 11.6 Å². The van der Waals surface area contributed by atoms with E-state index in [-0.39, 0.29) is 5.95 Å². The van der Waals surface area contributed by atoms with Crippen molar-refractivity contribution in [1.29, 1.82) is 0 Å². The molecule has 0 saturated carbocycles. The van der Waals surface area contributed by atoms with Crippen molar-refractivity contribution in [3.05, 3.63) is 41.6 Å². The summed E-state index contributed by atoms with van der Waals surface area (Å²) in [7, 11) is 0. The molecule has 18 heavy (non-hydrogen) atoms.